The lowest BCUT2D eigenvalue weighted by atomic mass is 10.1. The largest absolute Gasteiger partial charge is 0.312 e. The highest BCUT2D eigenvalue weighted by Crippen LogP contribution is 2.47. The van der Waals surface area contributed by atoms with Crippen molar-refractivity contribution < 1.29 is 17.6 Å². The lowest BCUT2D eigenvalue weighted by Gasteiger charge is -2.31. The normalized spacial score (nSPS) is 13.4. The molecule has 0 heterocycles. The molecule has 22 heavy (non-hydrogen) atoms. The van der Waals surface area contributed by atoms with Crippen LogP contribution >= 0.6 is 47.0 Å². The summed E-state index contributed by atoms with van der Waals surface area (Å²) in [6.45, 7) is 7.43. The summed E-state index contributed by atoms with van der Waals surface area (Å²) in [4.78, 5) is 0. The van der Waals surface area contributed by atoms with Crippen LogP contribution in [0.5, 0.6) is 0 Å². The van der Waals surface area contributed by atoms with Gasteiger partial charge in [-0.3, -0.25) is 0 Å². The third-order valence-electron chi connectivity index (χ3n) is 2.79. The van der Waals surface area contributed by atoms with Gasteiger partial charge >= 0.3 is 11.8 Å². The first-order valence-corrected chi connectivity index (χ1v) is 11.7. The highest BCUT2D eigenvalue weighted by atomic mass is 32.2. The Morgan fingerprint density at radius 3 is 1.00 bits per heavy atom. The smallest absolute Gasteiger partial charge is 0.200 e. The maximum atomic E-state index is 14.1. The second-order valence-corrected chi connectivity index (χ2v) is 11.0. The maximum Gasteiger partial charge on any atom is 0.312 e. The first kappa shape index (κ1) is 23.1. The molecule has 0 aromatic rings. The Bertz CT molecular complexity index is 250. The van der Waals surface area contributed by atoms with Gasteiger partial charge in [0.05, 0.1) is 9.16 Å². The fraction of sp³-hybridized carbons (Fsp3) is 1.00. The van der Waals surface area contributed by atoms with Gasteiger partial charge in [-0.15, -0.1) is 47.0 Å². The number of rotatable bonds is 13. The van der Waals surface area contributed by atoms with Crippen LogP contribution in [0.3, 0.4) is 0 Å². The minimum absolute atomic E-state index is 0.480. The lowest BCUT2D eigenvalue weighted by molar-refractivity contribution is -0.211. The van der Waals surface area contributed by atoms with Crippen molar-refractivity contribution >= 4 is 47.0 Å². The summed E-state index contributed by atoms with van der Waals surface area (Å²) in [6.07, 6.45) is -1.53. The molecule has 0 saturated heterocycles. The molecule has 0 radical (unpaired) electrons. The fourth-order valence-corrected chi connectivity index (χ4v) is 6.99. The number of thioether (sulfide) groups is 4. The molecule has 0 N–H and O–H groups in total. The Labute approximate surface area is 149 Å². The standard InChI is InChI=1S/C14H26F4S4/c1-5-19-11(20-6-2)9-13(15,16)14(17,18)10-12(21-7-3)22-8-4/h11-12H,5-10H2,1-4H3. The number of hydrogen-bond acceptors (Lipinski definition) is 4. The van der Waals surface area contributed by atoms with Crippen LogP contribution in [-0.2, 0) is 0 Å². The van der Waals surface area contributed by atoms with Crippen LogP contribution in [0.4, 0.5) is 17.6 Å². The molecular formula is C14H26F4S4. The molecule has 0 nitrogen and oxygen atoms in total. The number of alkyl halides is 4. The molecule has 0 aromatic heterocycles. The van der Waals surface area contributed by atoms with Crippen LogP contribution in [-0.4, -0.2) is 44.0 Å². The van der Waals surface area contributed by atoms with Gasteiger partial charge < -0.3 is 0 Å². The van der Waals surface area contributed by atoms with Crippen LogP contribution in [0.15, 0.2) is 0 Å². The number of hydrogen-bond donors (Lipinski definition) is 0. The minimum Gasteiger partial charge on any atom is -0.200 e. The molecule has 0 spiro atoms. The molecule has 134 valence electrons. The van der Waals surface area contributed by atoms with Gasteiger partial charge in [-0.2, -0.15) is 17.6 Å². The monoisotopic (exact) mass is 398 g/mol. The summed E-state index contributed by atoms with van der Waals surface area (Å²) in [5.41, 5.74) is 0. The van der Waals surface area contributed by atoms with E-state index in [9.17, 15) is 17.6 Å². The molecule has 0 aromatic carbocycles. The zero-order chi connectivity index (χ0) is 17.2. The summed E-state index contributed by atoms with van der Waals surface area (Å²) in [5.74, 6) is -5.30. The van der Waals surface area contributed by atoms with E-state index in [1.807, 2.05) is 27.7 Å². The van der Waals surface area contributed by atoms with E-state index < -0.39 is 33.9 Å². The van der Waals surface area contributed by atoms with Gasteiger partial charge in [0.2, 0.25) is 0 Å². The minimum atomic E-state index is -3.96. The van der Waals surface area contributed by atoms with Crippen LogP contribution in [0.2, 0.25) is 0 Å². The zero-order valence-electron chi connectivity index (χ0n) is 13.5. The zero-order valence-corrected chi connectivity index (χ0v) is 16.8. The van der Waals surface area contributed by atoms with Crippen molar-refractivity contribution in [2.24, 2.45) is 0 Å². The molecule has 0 aliphatic rings. The third-order valence-corrected chi connectivity index (χ3v) is 7.91. The van der Waals surface area contributed by atoms with Crippen molar-refractivity contribution in [2.45, 2.75) is 61.5 Å². The predicted octanol–water partition coefficient (Wildman–Crippen LogP) is 6.70. The molecule has 0 unspecified atom stereocenters. The van der Waals surface area contributed by atoms with Crippen molar-refractivity contribution in [1.82, 2.24) is 0 Å². The Morgan fingerprint density at radius 1 is 0.591 bits per heavy atom. The topological polar surface area (TPSA) is 0 Å². The van der Waals surface area contributed by atoms with Gasteiger partial charge in [0.15, 0.2) is 0 Å². The van der Waals surface area contributed by atoms with E-state index in [1.165, 1.54) is 47.0 Å². The van der Waals surface area contributed by atoms with E-state index in [1.54, 1.807) is 0 Å². The van der Waals surface area contributed by atoms with Gasteiger partial charge in [-0.05, 0) is 23.0 Å². The van der Waals surface area contributed by atoms with Crippen molar-refractivity contribution in [1.29, 1.82) is 0 Å². The van der Waals surface area contributed by atoms with Crippen molar-refractivity contribution in [2.75, 3.05) is 23.0 Å². The van der Waals surface area contributed by atoms with Gasteiger partial charge in [0.1, 0.15) is 0 Å². The van der Waals surface area contributed by atoms with Gasteiger partial charge in [0.25, 0.3) is 0 Å². The molecule has 0 fully saturated rings. The maximum absolute atomic E-state index is 14.1. The van der Waals surface area contributed by atoms with E-state index in [2.05, 4.69) is 0 Å². The molecule has 0 rings (SSSR count). The average Bonchev–Trinajstić information content (AvgIpc) is 2.38. The Balaban J connectivity index is 4.86. The van der Waals surface area contributed by atoms with E-state index in [4.69, 9.17) is 0 Å². The third kappa shape index (κ3) is 8.29. The molecule has 0 saturated carbocycles. The van der Waals surface area contributed by atoms with Gasteiger partial charge in [0, 0.05) is 12.8 Å². The molecule has 0 atom stereocenters. The summed E-state index contributed by atoms with van der Waals surface area (Å²) in [7, 11) is 0. The Morgan fingerprint density at radius 2 is 0.818 bits per heavy atom. The second kappa shape index (κ2) is 11.6. The summed E-state index contributed by atoms with van der Waals surface area (Å²) in [6, 6.07) is 0. The highest BCUT2D eigenvalue weighted by molar-refractivity contribution is 8.17. The van der Waals surface area contributed by atoms with Crippen LogP contribution in [0.1, 0.15) is 40.5 Å². The second-order valence-electron chi connectivity index (χ2n) is 4.50. The first-order chi connectivity index (χ1) is 10.2. The Kier molecular flexibility index (Phi) is 12.2. The fourth-order valence-electron chi connectivity index (χ4n) is 1.79. The van der Waals surface area contributed by atoms with Crippen molar-refractivity contribution in [3.8, 4) is 0 Å². The molecule has 0 amide bonds. The molecular weight excluding hydrogens is 372 g/mol. The van der Waals surface area contributed by atoms with Crippen molar-refractivity contribution in [3.63, 3.8) is 0 Å². The van der Waals surface area contributed by atoms with Gasteiger partial charge in [-0.25, -0.2) is 0 Å². The van der Waals surface area contributed by atoms with E-state index >= 15 is 0 Å². The highest BCUT2D eigenvalue weighted by Gasteiger charge is 2.57. The molecule has 0 bridgehead atoms. The lowest BCUT2D eigenvalue weighted by Crippen LogP contribution is -2.43. The summed E-state index contributed by atoms with van der Waals surface area (Å²) in [5, 5.41) is 0. The first-order valence-electron chi connectivity index (χ1n) is 7.46. The number of halogens is 4. The molecule has 8 heteroatoms. The average molecular weight is 399 g/mol. The van der Waals surface area contributed by atoms with E-state index in [-0.39, 0.29) is 0 Å². The molecule has 0 aliphatic heterocycles. The van der Waals surface area contributed by atoms with E-state index in [0.717, 1.165) is 0 Å². The SMILES string of the molecule is CCSC(CC(F)(F)C(F)(F)CC(SCC)SCC)SCC. The van der Waals surface area contributed by atoms with Crippen LogP contribution in [0, 0.1) is 0 Å². The van der Waals surface area contributed by atoms with Crippen molar-refractivity contribution in [3.05, 3.63) is 0 Å². The van der Waals surface area contributed by atoms with Crippen LogP contribution in [0.25, 0.3) is 0 Å². The Hall–Kier alpha value is 1.12. The summed E-state index contributed by atoms with van der Waals surface area (Å²) >= 11 is 5.29. The molecule has 0 aliphatic carbocycles. The van der Waals surface area contributed by atoms with Crippen LogP contribution < -0.4 is 0 Å². The van der Waals surface area contributed by atoms with Gasteiger partial charge in [-0.1, -0.05) is 27.7 Å². The van der Waals surface area contributed by atoms with E-state index in [0.29, 0.717) is 23.0 Å². The predicted molar refractivity (Wildman–Crippen MR) is 99.2 cm³/mol. The quantitative estimate of drug-likeness (QED) is 0.250. The summed E-state index contributed by atoms with van der Waals surface area (Å²) < 4.78 is 55.6.